The number of fused-ring (bicyclic) bond motifs is 2. The number of hydrogen-bond donors (Lipinski definition) is 0. The molecule has 0 saturated carbocycles. The fourth-order valence-electron chi connectivity index (χ4n) is 3.45. The van der Waals surface area contributed by atoms with Gasteiger partial charge in [-0.1, -0.05) is 84.9 Å². The second kappa shape index (κ2) is 8.55. The van der Waals surface area contributed by atoms with Crippen molar-refractivity contribution in [2.24, 2.45) is 20.6 Å². The van der Waals surface area contributed by atoms with E-state index in [9.17, 15) is 0 Å². The Hall–Kier alpha value is -4.38. The van der Waals surface area contributed by atoms with Crippen molar-refractivity contribution >= 4 is 44.3 Å². The molecule has 5 rings (SSSR count). The highest BCUT2D eigenvalue weighted by Crippen LogP contribution is 2.37. The van der Waals surface area contributed by atoms with Crippen LogP contribution in [0.5, 0.6) is 0 Å². The first-order valence-corrected chi connectivity index (χ1v) is 9.96. The third kappa shape index (κ3) is 4.02. The van der Waals surface area contributed by atoms with Crippen LogP contribution in [0.15, 0.2) is 130 Å². The summed E-state index contributed by atoms with van der Waals surface area (Å²) < 4.78 is 0. The topological polar surface area (TPSA) is 63.5 Å². The summed E-state index contributed by atoms with van der Waals surface area (Å²) in [7, 11) is 0. The first-order valence-electron chi connectivity index (χ1n) is 9.96. The Morgan fingerprint density at radius 1 is 0.419 bits per heavy atom. The van der Waals surface area contributed by atoms with Crippen molar-refractivity contribution in [1.29, 1.82) is 0 Å². The van der Waals surface area contributed by atoms with Crippen molar-refractivity contribution in [2.75, 3.05) is 0 Å². The molecule has 0 amide bonds. The van der Waals surface area contributed by atoms with E-state index in [1.54, 1.807) is 0 Å². The third-order valence-corrected chi connectivity index (χ3v) is 4.97. The van der Waals surface area contributed by atoms with Gasteiger partial charge in [0, 0.05) is 10.8 Å². The smallest absolute Gasteiger partial charge is 0.123 e. The summed E-state index contributed by atoms with van der Waals surface area (Å²) in [6.45, 7) is 0. The van der Waals surface area contributed by atoms with E-state index in [4.69, 9.17) is 0 Å². The Kier molecular flexibility index (Phi) is 5.14. The van der Waals surface area contributed by atoms with Gasteiger partial charge >= 0.3 is 0 Å². The minimum absolute atomic E-state index is 0.638. The number of azo groups is 1. The summed E-state index contributed by atoms with van der Waals surface area (Å²) in [4.78, 5) is 0. The summed E-state index contributed by atoms with van der Waals surface area (Å²) in [5.41, 5.74) is 7.21. The molecule has 5 aromatic carbocycles. The summed E-state index contributed by atoms with van der Waals surface area (Å²) in [5.74, 6) is 0. The van der Waals surface area contributed by atoms with Gasteiger partial charge in [0.15, 0.2) is 0 Å². The Balaban J connectivity index is 1.52. The maximum absolute atomic E-state index is 4.45. The van der Waals surface area contributed by atoms with Crippen LogP contribution in [0.2, 0.25) is 0 Å². The molecule has 0 aliphatic carbocycles. The molecule has 0 atom stereocenters. The average Bonchev–Trinajstić information content (AvgIpc) is 2.84. The molecule has 5 aromatic rings. The highest BCUT2D eigenvalue weighted by molar-refractivity contribution is 5.97. The first kappa shape index (κ1) is 18.6. The normalized spacial score (nSPS) is 11.6. The second-order valence-electron chi connectivity index (χ2n) is 6.98. The van der Waals surface area contributed by atoms with E-state index in [1.165, 1.54) is 0 Å². The Morgan fingerprint density at radius 2 is 1.10 bits per heavy atom. The number of rotatable bonds is 5. The molecule has 0 bridgehead atoms. The van der Waals surface area contributed by atoms with Crippen LogP contribution < -0.4 is 5.43 Å². The highest BCUT2D eigenvalue weighted by Gasteiger charge is 2.08. The maximum atomic E-state index is 4.45. The van der Waals surface area contributed by atoms with E-state index in [1.807, 2.05) is 97.1 Å². The predicted molar refractivity (Wildman–Crippen MR) is 125 cm³/mol. The van der Waals surface area contributed by atoms with Gasteiger partial charge in [0.25, 0.3) is 0 Å². The van der Waals surface area contributed by atoms with Crippen LogP contribution in [0, 0.1) is 0 Å². The molecule has 0 heterocycles. The Bertz CT molecular complexity index is 1400. The van der Waals surface area contributed by atoms with E-state index in [0.717, 1.165) is 32.9 Å². The van der Waals surface area contributed by atoms with Crippen LogP contribution >= 0.6 is 0 Å². The molecule has 0 unspecified atom stereocenters. The maximum Gasteiger partial charge on any atom is 0.123 e. The summed E-state index contributed by atoms with van der Waals surface area (Å²) in [6.07, 6.45) is 0. The van der Waals surface area contributed by atoms with Crippen molar-refractivity contribution in [2.45, 2.75) is 0 Å². The number of benzene rings is 5. The van der Waals surface area contributed by atoms with Gasteiger partial charge in [-0.2, -0.15) is 5.11 Å². The van der Waals surface area contributed by atoms with Gasteiger partial charge in [0.05, 0.1) is 11.4 Å². The van der Waals surface area contributed by atoms with E-state index >= 15 is 0 Å². The molecule has 0 aromatic heterocycles. The third-order valence-electron chi connectivity index (χ3n) is 4.97. The quantitative estimate of drug-likeness (QED) is 0.210. The van der Waals surface area contributed by atoms with E-state index in [0.29, 0.717) is 11.4 Å². The van der Waals surface area contributed by atoms with Crippen molar-refractivity contribution in [3.05, 3.63) is 109 Å². The molecule has 0 fully saturated rings. The molecule has 5 nitrogen and oxygen atoms in total. The molecular formula is C26H18N5. The van der Waals surface area contributed by atoms with E-state index < -0.39 is 0 Å². The fraction of sp³-hybridized carbons (Fsp3) is 0. The lowest BCUT2D eigenvalue weighted by Gasteiger charge is -2.05. The highest BCUT2D eigenvalue weighted by atomic mass is 15.4. The molecule has 0 saturated heterocycles. The molecule has 0 N–H and O–H groups in total. The predicted octanol–water partition coefficient (Wildman–Crippen LogP) is 8.34. The van der Waals surface area contributed by atoms with Crippen LogP contribution in [0.4, 0.5) is 22.7 Å². The minimum Gasteiger partial charge on any atom is -0.150 e. The summed E-state index contributed by atoms with van der Waals surface area (Å²) >= 11 is 0. The SMILES string of the molecule is c1ccc(/N=N/c2ccc3ccccc3c2/N=N/[N]c2cccc3ccccc23)cc1. The van der Waals surface area contributed by atoms with Gasteiger partial charge < -0.3 is 0 Å². The van der Waals surface area contributed by atoms with Crippen LogP contribution in [0.3, 0.4) is 0 Å². The van der Waals surface area contributed by atoms with Gasteiger partial charge in [-0.05, 0) is 40.3 Å². The molecule has 147 valence electrons. The van der Waals surface area contributed by atoms with Gasteiger partial charge in [0.2, 0.25) is 0 Å². The summed E-state index contributed by atoms with van der Waals surface area (Å²) in [6, 6.07) is 35.6. The number of nitrogens with zero attached hydrogens (tertiary/aromatic N) is 5. The van der Waals surface area contributed by atoms with Crippen LogP contribution in [0.25, 0.3) is 21.5 Å². The zero-order valence-corrected chi connectivity index (χ0v) is 16.6. The molecule has 0 aliphatic rings. The zero-order valence-electron chi connectivity index (χ0n) is 16.6. The lowest BCUT2D eigenvalue weighted by molar-refractivity contribution is 0.873. The van der Waals surface area contributed by atoms with Crippen molar-refractivity contribution in [1.82, 2.24) is 5.43 Å². The molecule has 0 spiro atoms. The average molecular weight is 400 g/mol. The van der Waals surface area contributed by atoms with Crippen LogP contribution in [-0.4, -0.2) is 0 Å². The van der Waals surface area contributed by atoms with Crippen LogP contribution in [-0.2, 0) is 0 Å². The molecular weight excluding hydrogens is 382 g/mol. The van der Waals surface area contributed by atoms with Gasteiger partial charge in [-0.3, -0.25) is 0 Å². The standard InChI is InChI=1S/C26H18N5/c1-2-12-21(13-3-1)27-28-25-18-17-20-10-5-7-15-23(20)26(25)30-31-29-24-16-8-11-19-9-4-6-14-22(19)24/h1-18H/b28-27+,31-30+. The van der Waals surface area contributed by atoms with Crippen molar-refractivity contribution in [3.63, 3.8) is 0 Å². The first-order chi connectivity index (χ1) is 15.4. The zero-order chi connectivity index (χ0) is 20.9. The Labute approximate surface area is 179 Å². The van der Waals surface area contributed by atoms with Gasteiger partial charge in [0.1, 0.15) is 11.4 Å². The van der Waals surface area contributed by atoms with Crippen molar-refractivity contribution in [3.8, 4) is 0 Å². The molecule has 0 aliphatic heterocycles. The van der Waals surface area contributed by atoms with E-state index in [-0.39, 0.29) is 0 Å². The summed E-state index contributed by atoms with van der Waals surface area (Å²) in [5, 5.41) is 21.6. The van der Waals surface area contributed by atoms with Gasteiger partial charge in [-0.25, -0.2) is 0 Å². The lowest BCUT2D eigenvalue weighted by atomic mass is 10.1. The lowest BCUT2D eigenvalue weighted by Crippen LogP contribution is -1.87. The van der Waals surface area contributed by atoms with Gasteiger partial charge in [-0.15, -0.1) is 15.7 Å². The number of hydrogen-bond acceptors (Lipinski definition) is 4. The molecule has 5 heteroatoms. The fourth-order valence-corrected chi connectivity index (χ4v) is 3.45. The van der Waals surface area contributed by atoms with Crippen LogP contribution in [0.1, 0.15) is 0 Å². The Morgan fingerprint density at radius 3 is 1.94 bits per heavy atom. The van der Waals surface area contributed by atoms with Crippen molar-refractivity contribution < 1.29 is 0 Å². The second-order valence-corrected chi connectivity index (χ2v) is 6.98. The molecule has 1 radical (unpaired) electrons. The minimum atomic E-state index is 0.638. The van der Waals surface area contributed by atoms with E-state index in [2.05, 4.69) is 38.1 Å². The molecule has 31 heavy (non-hydrogen) atoms. The monoisotopic (exact) mass is 400 g/mol. The largest absolute Gasteiger partial charge is 0.150 e.